The van der Waals surface area contributed by atoms with Gasteiger partial charge in [-0.3, -0.25) is 4.68 Å². The molecule has 2 heterocycles. The first-order chi connectivity index (χ1) is 7.88. The number of aryl methyl sites for hydroxylation is 1. The van der Waals surface area contributed by atoms with E-state index in [1.165, 1.54) is 5.56 Å². The van der Waals surface area contributed by atoms with Crippen molar-refractivity contribution in [2.24, 2.45) is 0 Å². The third kappa shape index (κ3) is 2.82. The Morgan fingerprint density at radius 1 is 1.38 bits per heavy atom. The van der Waals surface area contributed by atoms with Gasteiger partial charge in [0, 0.05) is 31.0 Å². The van der Waals surface area contributed by atoms with Gasteiger partial charge < -0.3 is 5.32 Å². The van der Waals surface area contributed by atoms with Crippen LogP contribution in [0.25, 0.3) is 0 Å². The second-order valence-electron chi connectivity index (χ2n) is 3.68. The number of rotatable bonds is 5. The van der Waals surface area contributed by atoms with E-state index in [0.29, 0.717) is 0 Å². The summed E-state index contributed by atoms with van der Waals surface area (Å²) in [5.74, 6) is 0.894. The van der Waals surface area contributed by atoms with Crippen LogP contribution < -0.4 is 5.32 Å². The summed E-state index contributed by atoms with van der Waals surface area (Å²) in [5.41, 5.74) is 1.18. The summed E-state index contributed by atoms with van der Waals surface area (Å²) < 4.78 is 1.97. The van der Waals surface area contributed by atoms with E-state index >= 15 is 0 Å². The van der Waals surface area contributed by atoms with Crippen LogP contribution in [0, 0.1) is 0 Å². The molecule has 0 aliphatic carbocycles. The first-order valence-electron chi connectivity index (χ1n) is 5.54. The molecule has 0 aliphatic rings. The molecule has 0 amide bonds. The van der Waals surface area contributed by atoms with E-state index in [0.717, 1.165) is 25.3 Å². The van der Waals surface area contributed by atoms with Gasteiger partial charge in [0.1, 0.15) is 5.82 Å². The fourth-order valence-electron chi connectivity index (χ4n) is 1.51. The summed E-state index contributed by atoms with van der Waals surface area (Å²) in [6.45, 7) is 3.89. The fourth-order valence-corrected chi connectivity index (χ4v) is 1.51. The second-order valence-corrected chi connectivity index (χ2v) is 3.68. The van der Waals surface area contributed by atoms with Crippen molar-refractivity contribution in [2.75, 3.05) is 5.32 Å². The predicted octanol–water partition coefficient (Wildman–Crippen LogP) is 2.30. The maximum Gasteiger partial charge on any atom is 0.126 e. The summed E-state index contributed by atoms with van der Waals surface area (Å²) in [7, 11) is 0. The molecule has 0 unspecified atom stereocenters. The van der Waals surface area contributed by atoms with Crippen molar-refractivity contribution in [3.8, 4) is 0 Å². The quantitative estimate of drug-likeness (QED) is 0.834. The van der Waals surface area contributed by atoms with Crippen LogP contribution in [0.2, 0.25) is 0 Å². The molecule has 0 saturated carbocycles. The van der Waals surface area contributed by atoms with E-state index in [-0.39, 0.29) is 0 Å². The third-order valence-corrected chi connectivity index (χ3v) is 2.28. The molecular formula is C12H16N4. The summed E-state index contributed by atoms with van der Waals surface area (Å²) in [4.78, 5) is 4.20. The summed E-state index contributed by atoms with van der Waals surface area (Å²) in [5, 5.41) is 7.53. The average molecular weight is 216 g/mol. The normalized spacial score (nSPS) is 10.3. The van der Waals surface area contributed by atoms with Crippen molar-refractivity contribution < 1.29 is 0 Å². The number of nitrogens with zero attached hydrogens (tertiary/aromatic N) is 3. The van der Waals surface area contributed by atoms with Gasteiger partial charge in [-0.1, -0.05) is 13.0 Å². The Bertz CT molecular complexity index is 422. The molecule has 0 bridgehead atoms. The molecule has 16 heavy (non-hydrogen) atoms. The van der Waals surface area contributed by atoms with Crippen LogP contribution in [0.15, 0.2) is 36.8 Å². The van der Waals surface area contributed by atoms with E-state index in [1.54, 1.807) is 6.20 Å². The molecule has 2 rings (SSSR count). The smallest absolute Gasteiger partial charge is 0.126 e. The van der Waals surface area contributed by atoms with Gasteiger partial charge in [0.2, 0.25) is 0 Å². The lowest BCUT2D eigenvalue weighted by Crippen LogP contribution is -2.00. The molecule has 84 valence electrons. The van der Waals surface area contributed by atoms with Crippen molar-refractivity contribution in [3.05, 3.63) is 42.4 Å². The second kappa shape index (κ2) is 5.30. The zero-order valence-corrected chi connectivity index (χ0v) is 9.43. The average Bonchev–Trinajstić information content (AvgIpc) is 2.76. The van der Waals surface area contributed by atoms with Gasteiger partial charge in [0.05, 0.1) is 6.20 Å². The standard InChI is InChI=1S/C12H16N4/c1-2-7-16-10-11(9-15-16)8-14-12-5-3-4-6-13-12/h3-6,9-10H,2,7-8H2,1H3,(H,13,14). The van der Waals surface area contributed by atoms with Gasteiger partial charge in [-0.25, -0.2) is 4.98 Å². The van der Waals surface area contributed by atoms with Crippen LogP contribution in [0.3, 0.4) is 0 Å². The van der Waals surface area contributed by atoms with Crippen molar-refractivity contribution >= 4 is 5.82 Å². The first kappa shape index (κ1) is 10.7. The molecular weight excluding hydrogens is 200 g/mol. The van der Waals surface area contributed by atoms with Gasteiger partial charge in [0.25, 0.3) is 0 Å². The molecule has 4 heteroatoms. The number of hydrogen-bond acceptors (Lipinski definition) is 3. The maximum absolute atomic E-state index is 4.27. The molecule has 0 atom stereocenters. The van der Waals surface area contributed by atoms with Gasteiger partial charge in [-0.05, 0) is 18.6 Å². The van der Waals surface area contributed by atoms with Gasteiger partial charge >= 0.3 is 0 Å². The highest BCUT2D eigenvalue weighted by molar-refractivity contribution is 5.33. The zero-order valence-electron chi connectivity index (χ0n) is 9.43. The maximum atomic E-state index is 4.27. The number of pyridine rings is 1. The van der Waals surface area contributed by atoms with Crippen LogP contribution >= 0.6 is 0 Å². The van der Waals surface area contributed by atoms with E-state index < -0.39 is 0 Å². The lowest BCUT2D eigenvalue weighted by Gasteiger charge is -2.02. The van der Waals surface area contributed by atoms with Crippen molar-refractivity contribution in [2.45, 2.75) is 26.4 Å². The molecule has 4 nitrogen and oxygen atoms in total. The minimum atomic E-state index is 0.765. The predicted molar refractivity (Wildman–Crippen MR) is 64.1 cm³/mol. The highest BCUT2D eigenvalue weighted by atomic mass is 15.3. The third-order valence-electron chi connectivity index (χ3n) is 2.28. The molecule has 0 spiro atoms. The van der Waals surface area contributed by atoms with Crippen LogP contribution in [0.4, 0.5) is 5.82 Å². The van der Waals surface area contributed by atoms with E-state index in [4.69, 9.17) is 0 Å². The Balaban J connectivity index is 1.89. The molecule has 2 aromatic heterocycles. The van der Waals surface area contributed by atoms with E-state index in [1.807, 2.05) is 29.1 Å². The largest absolute Gasteiger partial charge is 0.366 e. The highest BCUT2D eigenvalue weighted by Crippen LogP contribution is 2.04. The van der Waals surface area contributed by atoms with Gasteiger partial charge in [-0.15, -0.1) is 0 Å². The summed E-state index contributed by atoms with van der Waals surface area (Å²) >= 11 is 0. The lowest BCUT2D eigenvalue weighted by atomic mass is 10.3. The van der Waals surface area contributed by atoms with Crippen LogP contribution in [-0.4, -0.2) is 14.8 Å². The van der Waals surface area contributed by atoms with Gasteiger partial charge in [0.15, 0.2) is 0 Å². The van der Waals surface area contributed by atoms with Crippen molar-refractivity contribution in [1.29, 1.82) is 0 Å². The monoisotopic (exact) mass is 216 g/mol. The Morgan fingerprint density at radius 3 is 3.06 bits per heavy atom. The zero-order chi connectivity index (χ0) is 11.2. The number of hydrogen-bond donors (Lipinski definition) is 1. The minimum Gasteiger partial charge on any atom is -0.366 e. The van der Waals surface area contributed by atoms with E-state index in [2.05, 4.69) is 28.5 Å². The minimum absolute atomic E-state index is 0.765. The van der Waals surface area contributed by atoms with Crippen molar-refractivity contribution in [3.63, 3.8) is 0 Å². The Kier molecular flexibility index (Phi) is 3.53. The molecule has 0 radical (unpaired) electrons. The Morgan fingerprint density at radius 2 is 2.31 bits per heavy atom. The molecule has 1 N–H and O–H groups in total. The van der Waals surface area contributed by atoms with Crippen molar-refractivity contribution in [1.82, 2.24) is 14.8 Å². The molecule has 0 saturated heterocycles. The topological polar surface area (TPSA) is 42.7 Å². The molecule has 2 aromatic rings. The first-order valence-corrected chi connectivity index (χ1v) is 5.54. The summed E-state index contributed by atoms with van der Waals surface area (Å²) in [6, 6.07) is 5.83. The molecule has 0 aliphatic heterocycles. The highest BCUT2D eigenvalue weighted by Gasteiger charge is 1.98. The molecule has 0 fully saturated rings. The van der Waals surface area contributed by atoms with Crippen LogP contribution in [0.1, 0.15) is 18.9 Å². The Labute approximate surface area is 95.3 Å². The van der Waals surface area contributed by atoms with Crippen LogP contribution in [0.5, 0.6) is 0 Å². The summed E-state index contributed by atoms with van der Waals surface area (Å²) in [6.07, 6.45) is 6.85. The lowest BCUT2D eigenvalue weighted by molar-refractivity contribution is 0.602. The SMILES string of the molecule is CCCn1cc(CNc2ccccn2)cn1. The van der Waals surface area contributed by atoms with E-state index in [9.17, 15) is 0 Å². The fraction of sp³-hybridized carbons (Fsp3) is 0.333. The Hall–Kier alpha value is -1.84. The van der Waals surface area contributed by atoms with Crippen LogP contribution in [-0.2, 0) is 13.1 Å². The number of aromatic nitrogens is 3. The molecule has 0 aromatic carbocycles. The number of nitrogens with one attached hydrogen (secondary N) is 1. The number of anilines is 1. The van der Waals surface area contributed by atoms with Gasteiger partial charge in [-0.2, -0.15) is 5.10 Å².